The lowest BCUT2D eigenvalue weighted by Gasteiger charge is -2.32. The van der Waals surface area contributed by atoms with E-state index in [9.17, 15) is 8.42 Å². The summed E-state index contributed by atoms with van der Waals surface area (Å²) in [6.07, 6.45) is 3.33. The highest BCUT2D eigenvalue weighted by Crippen LogP contribution is 2.36. The number of hydrogen-bond donors (Lipinski definition) is 2. The number of benzene rings is 2. The van der Waals surface area contributed by atoms with Crippen LogP contribution in [0.5, 0.6) is 5.75 Å². The molecule has 5 nitrogen and oxygen atoms in total. The van der Waals surface area contributed by atoms with Gasteiger partial charge in [0.05, 0.1) is 5.75 Å². The van der Waals surface area contributed by atoms with Gasteiger partial charge in [-0.05, 0) is 66.6 Å². The van der Waals surface area contributed by atoms with Gasteiger partial charge >= 0.3 is 0 Å². The van der Waals surface area contributed by atoms with Crippen LogP contribution in [0.1, 0.15) is 42.4 Å². The number of nitrogens with two attached hydrogens (primary N) is 1. The summed E-state index contributed by atoms with van der Waals surface area (Å²) in [7, 11) is -3.21. The molecule has 1 aliphatic rings. The number of sulfonamides is 1. The highest BCUT2D eigenvalue weighted by atomic mass is 35.5. The highest BCUT2D eigenvalue weighted by Gasteiger charge is 2.27. The van der Waals surface area contributed by atoms with Crippen LogP contribution in [0.25, 0.3) is 0 Å². The first kappa shape index (κ1) is 25.0. The van der Waals surface area contributed by atoms with Crippen LogP contribution in [-0.2, 0) is 22.9 Å². The minimum absolute atomic E-state index is 0. The van der Waals surface area contributed by atoms with Gasteiger partial charge in [0, 0.05) is 23.5 Å². The van der Waals surface area contributed by atoms with Gasteiger partial charge in [0.25, 0.3) is 0 Å². The van der Waals surface area contributed by atoms with Crippen molar-refractivity contribution >= 4 is 34.0 Å². The molecule has 30 heavy (non-hydrogen) atoms. The summed E-state index contributed by atoms with van der Waals surface area (Å²) in [5.41, 5.74) is 10.2. The van der Waals surface area contributed by atoms with Gasteiger partial charge in [0.1, 0.15) is 12.4 Å². The van der Waals surface area contributed by atoms with Crippen molar-refractivity contribution in [3.05, 3.63) is 64.2 Å². The fourth-order valence-electron chi connectivity index (χ4n) is 3.88. The lowest BCUT2D eigenvalue weighted by molar-refractivity contribution is 0.321. The molecule has 0 heterocycles. The first-order chi connectivity index (χ1) is 13.9. The summed E-state index contributed by atoms with van der Waals surface area (Å²) in [5, 5.41) is 0.731. The van der Waals surface area contributed by atoms with E-state index in [1.165, 1.54) is 16.7 Å². The quantitative estimate of drug-likeness (QED) is 0.538. The normalized spacial score (nSPS) is 18.4. The fraction of sp³-hybridized carbons (Fsp3) is 0.455. The molecule has 2 aromatic carbocycles. The Morgan fingerprint density at radius 3 is 2.77 bits per heavy atom. The molecule has 0 bridgehead atoms. The molecule has 3 rings (SSSR count). The molecule has 0 saturated heterocycles. The monoisotopic (exact) mass is 472 g/mol. The summed E-state index contributed by atoms with van der Waals surface area (Å²) in [5.74, 6) is 1.07. The first-order valence-electron chi connectivity index (χ1n) is 10.1. The lowest BCUT2D eigenvalue weighted by atomic mass is 9.76. The molecule has 2 aromatic rings. The van der Waals surface area contributed by atoms with Crippen molar-refractivity contribution in [2.24, 2.45) is 5.73 Å². The molecular weight excluding hydrogens is 443 g/mol. The molecule has 0 aromatic heterocycles. The summed E-state index contributed by atoms with van der Waals surface area (Å²) in [4.78, 5) is 0. The van der Waals surface area contributed by atoms with Crippen molar-refractivity contribution in [2.45, 2.75) is 44.6 Å². The SMILES string of the molecule is CCCS(=O)(=O)NCCOc1ccc2c(c1)C(Cc1cccc(Cl)c1)C(N)CC2.Cl. The standard InChI is InChI=1S/C22H29ClN2O3S.ClH/c1-2-12-29(26,27)25-10-11-28-19-8-6-17-7-9-22(24)21(20(17)15-19)14-16-4-3-5-18(23)13-16;/h3-6,8,13,15,21-22,25H,2,7,9-12,14,24H2,1H3;1H. The van der Waals surface area contributed by atoms with Crippen LogP contribution in [0.3, 0.4) is 0 Å². The van der Waals surface area contributed by atoms with Crippen molar-refractivity contribution in [3.8, 4) is 5.75 Å². The van der Waals surface area contributed by atoms with Crippen molar-refractivity contribution in [3.63, 3.8) is 0 Å². The maximum absolute atomic E-state index is 11.7. The Bertz CT molecular complexity index is 938. The highest BCUT2D eigenvalue weighted by molar-refractivity contribution is 7.89. The molecule has 166 valence electrons. The van der Waals surface area contributed by atoms with Crippen LogP contribution in [0.2, 0.25) is 5.02 Å². The van der Waals surface area contributed by atoms with Gasteiger partial charge in [-0.2, -0.15) is 0 Å². The number of fused-ring (bicyclic) bond motifs is 1. The van der Waals surface area contributed by atoms with Crippen LogP contribution in [0, 0.1) is 0 Å². The molecule has 0 saturated carbocycles. The third-order valence-electron chi connectivity index (χ3n) is 5.29. The van der Waals surface area contributed by atoms with E-state index >= 15 is 0 Å². The largest absolute Gasteiger partial charge is 0.492 e. The predicted molar refractivity (Wildman–Crippen MR) is 125 cm³/mol. The maximum Gasteiger partial charge on any atom is 0.211 e. The van der Waals surface area contributed by atoms with Crippen LogP contribution in [0.15, 0.2) is 42.5 Å². The van der Waals surface area contributed by atoms with Crippen molar-refractivity contribution in [1.29, 1.82) is 0 Å². The molecule has 2 unspecified atom stereocenters. The molecule has 1 aliphatic carbocycles. The number of hydrogen-bond acceptors (Lipinski definition) is 4. The first-order valence-corrected chi connectivity index (χ1v) is 12.1. The van der Waals surface area contributed by atoms with E-state index in [1.54, 1.807) is 0 Å². The van der Waals surface area contributed by atoms with Gasteiger partial charge in [0.15, 0.2) is 0 Å². The molecule has 2 atom stereocenters. The second-order valence-electron chi connectivity index (χ2n) is 7.57. The van der Waals surface area contributed by atoms with Gasteiger partial charge < -0.3 is 10.5 Å². The topological polar surface area (TPSA) is 81.4 Å². The summed E-state index contributed by atoms with van der Waals surface area (Å²) in [6.45, 7) is 2.38. The number of rotatable bonds is 9. The van der Waals surface area contributed by atoms with E-state index in [4.69, 9.17) is 22.1 Å². The second kappa shape index (κ2) is 11.3. The van der Waals surface area contributed by atoms with Gasteiger partial charge in [-0.1, -0.05) is 36.7 Å². The Balaban J connectivity index is 0.00000320. The van der Waals surface area contributed by atoms with Gasteiger partial charge in [0.2, 0.25) is 10.0 Å². The van der Waals surface area contributed by atoms with Crippen LogP contribution < -0.4 is 15.2 Å². The van der Waals surface area contributed by atoms with E-state index < -0.39 is 10.0 Å². The molecular formula is C22H30Cl2N2O3S. The Hall–Kier alpha value is -1.31. The minimum atomic E-state index is -3.21. The molecule has 0 fully saturated rings. The molecule has 8 heteroatoms. The Kier molecular flexibility index (Phi) is 9.44. The second-order valence-corrected chi connectivity index (χ2v) is 9.93. The van der Waals surface area contributed by atoms with Crippen molar-refractivity contribution in [1.82, 2.24) is 4.72 Å². The number of ether oxygens (including phenoxy) is 1. The maximum atomic E-state index is 11.7. The average molecular weight is 473 g/mol. The fourth-order valence-corrected chi connectivity index (χ4v) is 5.16. The van der Waals surface area contributed by atoms with Crippen LogP contribution >= 0.6 is 24.0 Å². The molecule has 0 amide bonds. The Labute approximate surface area is 190 Å². The zero-order valence-electron chi connectivity index (χ0n) is 17.1. The van der Waals surface area contributed by atoms with Gasteiger partial charge in [-0.15, -0.1) is 12.4 Å². The molecule has 3 N–H and O–H groups in total. The van der Waals surface area contributed by atoms with Crippen molar-refractivity contribution in [2.75, 3.05) is 18.9 Å². The summed E-state index contributed by atoms with van der Waals surface area (Å²) in [6, 6.07) is 14.1. The lowest BCUT2D eigenvalue weighted by Crippen LogP contribution is -2.34. The number of nitrogens with one attached hydrogen (secondary N) is 1. The number of aryl methyl sites for hydroxylation is 1. The van der Waals surface area contributed by atoms with Gasteiger partial charge in [-0.25, -0.2) is 13.1 Å². The van der Waals surface area contributed by atoms with E-state index in [0.717, 1.165) is 30.0 Å². The molecule has 0 spiro atoms. The van der Waals surface area contributed by atoms with E-state index in [0.29, 0.717) is 6.42 Å². The predicted octanol–water partition coefficient (Wildman–Crippen LogP) is 4.07. The van der Waals surface area contributed by atoms with Crippen LogP contribution in [-0.4, -0.2) is 33.4 Å². The zero-order chi connectivity index (χ0) is 20.9. The number of halogens is 2. The minimum Gasteiger partial charge on any atom is -0.492 e. The van der Waals surface area contributed by atoms with Crippen molar-refractivity contribution < 1.29 is 13.2 Å². The van der Waals surface area contributed by atoms with E-state index in [-0.39, 0.29) is 43.3 Å². The zero-order valence-corrected chi connectivity index (χ0v) is 19.5. The van der Waals surface area contributed by atoms with E-state index in [2.05, 4.69) is 22.9 Å². The molecule has 0 aliphatic heterocycles. The van der Waals surface area contributed by atoms with E-state index in [1.807, 2.05) is 31.2 Å². The Morgan fingerprint density at radius 1 is 1.23 bits per heavy atom. The third-order valence-corrected chi connectivity index (χ3v) is 7.12. The third kappa shape index (κ3) is 6.86. The molecule has 0 radical (unpaired) electrons. The average Bonchev–Trinajstić information content (AvgIpc) is 2.67. The smallest absolute Gasteiger partial charge is 0.211 e. The Morgan fingerprint density at radius 2 is 2.03 bits per heavy atom. The van der Waals surface area contributed by atoms with Gasteiger partial charge in [-0.3, -0.25) is 0 Å². The van der Waals surface area contributed by atoms with Crippen LogP contribution in [0.4, 0.5) is 0 Å². The summed E-state index contributed by atoms with van der Waals surface area (Å²) < 4.78 is 31.8. The summed E-state index contributed by atoms with van der Waals surface area (Å²) >= 11 is 6.15.